The number of carbonyl (C=O) groups is 2. The van der Waals surface area contributed by atoms with Gasteiger partial charge in [0.1, 0.15) is 29.3 Å². The summed E-state index contributed by atoms with van der Waals surface area (Å²) in [7, 11) is 1.61. The largest absolute Gasteiger partial charge is 0.497 e. The van der Waals surface area contributed by atoms with Gasteiger partial charge < -0.3 is 15.0 Å². The van der Waals surface area contributed by atoms with Crippen molar-refractivity contribution in [2.75, 3.05) is 26.7 Å². The standard InChI is InChI=1S/C25H26FN5O3/c1-34-19-8-6-17(7-9-19)12-21-25(33)30-11-10-29(16-23(30)24(32)28-21)14-18-13-27-31(15-18)22-5-3-2-4-20(22)26/h2-9,13,15,21,23H,10-12,14,16H2,1H3,(H,28,32)/t21-,23+/m0/s1. The van der Waals surface area contributed by atoms with E-state index in [9.17, 15) is 14.0 Å². The van der Waals surface area contributed by atoms with Gasteiger partial charge in [-0.1, -0.05) is 24.3 Å². The molecule has 3 aromatic rings. The average molecular weight is 464 g/mol. The van der Waals surface area contributed by atoms with Crippen LogP contribution in [0.15, 0.2) is 60.9 Å². The molecule has 8 nitrogen and oxygen atoms in total. The summed E-state index contributed by atoms with van der Waals surface area (Å²) in [6.45, 7) is 2.14. The molecule has 2 saturated heterocycles. The molecule has 176 valence electrons. The molecule has 34 heavy (non-hydrogen) atoms. The number of rotatable bonds is 6. The van der Waals surface area contributed by atoms with Crippen LogP contribution in [0.1, 0.15) is 11.1 Å². The van der Waals surface area contributed by atoms with E-state index >= 15 is 0 Å². The van der Waals surface area contributed by atoms with Gasteiger partial charge in [-0.05, 0) is 29.8 Å². The van der Waals surface area contributed by atoms with Crippen LogP contribution in [-0.4, -0.2) is 70.2 Å². The first-order valence-corrected chi connectivity index (χ1v) is 11.3. The number of hydrogen-bond donors (Lipinski definition) is 1. The van der Waals surface area contributed by atoms with Crippen molar-refractivity contribution in [3.8, 4) is 11.4 Å². The Labute approximate surface area is 196 Å². The number of halogens is 1. The van der Waals surface area contributed by atoms with Crippen LogP contribution in [0.25, 0.3) is 5.69 Å². The number of ether oxygens (including phenoxy) is 1. The van der Waals surface area contributed by atoms with E-state index in [-0.39, 0.29) is 17.6 Å². The first kappa shape index (κ1) is 22.1. The Balaban J connectivity index is 1.22. The first-order chi connectivity index (χ1) is 16.5. The summed E-state index contributed by atoms with van der Waals surface area (Å²) in [5.41, 5.74) is 2.26. The van der Waals surface area contributed by atoms with Crippen molar-refractivity contribution in [3.63, 3.8) is 0 Å². The Morgan fingerprint density at radius 2 is 1.88 bits per heavy atom. The number of carbonyl (C=O) groups excluding carboxylic acids is 2. The number of nitrogens with zero attached hydrogens (tertiary/aromatic N) is 4. The summed E-state index contributed by atoms with van der Waals surface area (Å²) in [6.07, 6.45) is 3.94. The lowest BCUT2D eigenvalue weighted by Gasteiger charge is -2.45. The molecule has 0 saturated carbocycles. The first-order valence-electron chi connectivity index (χ1n) is 11.3. The molecule has 3 heterocycles. The van der Waals surface area contributed by atoms with Crippen molar-refractivity contribution in [2.24, 2.45) is 0 Å². The molecule has 1 aromatic heterocycles. The highest BCUT2D eigenvalue weighted by Gasteiger charge is 2.43. The molecule has 2 fully saturated rings. The molecule has 0 spiro atoms. The fourth-order valence-corrected chi connectivity index (χ4v) is 4.61. The minimum atomic E-state index is -0.567. The summed E-state index contributed by atoms with van der Waals surface area (Å²) >= 11 is 0. The van der Waals surface area contributed by atoms with Gasteiger partial charge in [-0.15, -0.1) is 0 Å². The normalized spacial score (nSPS) is 20.7. The summed E-state index contributed by atoms with van der Waals surface area (Å²) in [5.74, 6) is 0.225. The van der Waals surface area contributed by atoms with Crippen molar-refractivity contribution in [2.45, 2.75) is 25.0 Å². The van der Waals surface area contributed by atoms with Crippen LogP contribution in [0.2, 0.25) is 0 Å². The maximum Gasteiger partial charge on any atom is 0.246 e. The number of amides is 2. The van der Waals surface area contributed by atoms with Crippen molar-refractivity contribution in [1.29, 1.82) is 0 Å². The SMILES string of the molecule is COc1ccc(C[C@@H]2NC(=O)[C@H]3CN(Cc4cnn(-c5ccccc5F)c4)CCN3C2=O)cc1. The second-order valence-electron chi connectivity index (χ2n) is 8.64. The maximum atomic E-state index is 14.1. The molecule has 2 amide bonds. The van der Waals surface area contributed by atoms with Crippen LogP contribution < -0.4 is 10.1 Å². The van der Waals surface area contributed by atoms with Gasteiger partial charge in [-0.25, -0.2) is 9.07 Å². The Kier molecular flexibility index (Phi) is 6.02. The smallest absolute Gasteiger partial charge is 0.246 e. The quantitative estimate of drug-likeness (QED) is 0.603. The topological polar surface area (TPSA) is 79.7 Å². The minimum absolute atomic E-state index is 0.0487. The number of para-hydroxylation sites is 1. The Bertz CT molecular complexity index is 1200. The number of piperazine rings is 2. The van der Waals surface area contributed by atoms with E-state index in [1.807, 2.05) is 24.3 Å². The molecule has 0 aliphatic carbocycles. The Morgan fingerprint density at radius 1 is 1.09 bits per heavy atom. The van der Waals surface area contributed by atoms with E-state index in [0.29, 0.717) is 38.3 Å². The van der Waals surface area contributed by atoms with Gasteiger partial charge in [-0.2, -0.15) is 5.10 Å². The fourth-order valence-electron chi connectivity index (χ4n) is 4.61. The Morgan fingerprint density at radius 3 is 2.65 bits per heavy atom. The van der Waals surface area contributed by atoms with Crippen molar-refractivity contribution in [3.05, 3.63) is 77.9 Å². The lowest BCUT2D eigenvalue weighted by atomic mass is 9.98. The zero-order valence-corrected chi connectivity index (χ0v) is 18.9. The van der Waals surface area contributed by atoms with E-state index in [1.165, 1.54) is 10.7 Å². The van der Waals surface area contributed by atoms with Gasteiger partial charge in [0.2, 0.25) is 11.8 Å². The second-order valence-corrected chi connectivity index (χ2v) is 8.64. The van der Waals surface area contributed by atoms with Crippen LogP contribution in [0, 0.1) is 5.82 Å². The third-order valence-electron chi connectivity index (χ3n) is 6.41. The molecular weight excluding hydrogens is 437 g/mol. The van der Waals surface area contributed by atoms with Crippen LogP contribution in [0.5, 0.6) is 5.75 Å². The predicted octanol–water partition coefficient (Wildman–Crippen LogP) is 1.77. The molecule has 2 atom stereocenters. The summed E-state index contributed by atoms with van der Waals surface area (Å²) in [4.78, 5) is 29.8. The van der Waals surface area contributed by atoms with Crippen molar-refractivity contribution in [1.82, 2.24) is 24.9 Å². The van der Waals surface area contributed by atoms with Crippen LogP contribution in [0.3, 0.4) is 0 Å². The number of fused-ring (bicyclic) bond motifs is 1. The van der Waals surface area contributed by atoms with Crippen molar-refractivity contribution >= 4 is 11.8 Å². The molecule has 2 aliphatic rings. The molecule has 1 N–H and O–H groups in total. The second kappa shape index (κ2) is 9.26. The zero-order valence-electron chi connectivity index (χ0n) is 18.9. The van der Waals surface area contributed by atoms with Gasteiger partial charge in [-0.3, -0.25) is 14.5 Å². The third kappa shape index (κ3) is 4.38. The third-order valence-corrected chi connectivity index (χ3v) is 6.41. The molecular formula is C25H26FN5O3. The minimum Gasteiger partial charge on any atom is -0.497 e. The lowest BCUT2D eigenvalue weighted by molar-refractivity contribution is -0.153. The van der Waals surface area contributed by atoms with E-state index < -0.39 is 12.1 Å². The monoisotopic (exact) mass is 463 g/mol. The summed E-state index contributed by atoms with van der Waals surface area (Å²) in [6, 6.07) is 12.9. The molecule has 0 unspecified atom stereocenters. The molecule has 2 aromatic carbocycles. The Hall–Kier alpha value is -3.72. The fraction of sp³-hybridized carbons (Fsp3) is 0.320. The molecule has 2 aliphatic heterocycles. The highest BCUT2D eigenvalue weighted by Crippen LogP contribution is 2.21. The number of benzene rings is 2. The molecule has 5 rings (SSSR count). The number of aromatic nitrogens is 2. The molecule has 0 radical (unpaired) electrons. The molecule has 9 heteroatoms. The summed E-state index contributed by atoms with van der Waals surface area (Å²) < 4.78 is 20.7. The van der Waals surface area contributed by atoms with Gasteiger partial charge in [0.05, 0.1) is 13.3 Å². The molecule has 0 bridgehead atoms. The van der Waals surface area contributed by atoms with E-state index in [0.717, 1.165) is 16.9 Å². The van der Waals surface area contributed by atoms with Gasteiger partial charge >= 0.3 is 0 Å². The number of nitrogens with one attached hydrogen (secondary N) is 1. The van der Waals surface area contributed by atoms with E-state index in [2.05, 4.69) is 15.3 Å². The maximum absolute atomic E-state index is 14.1. The van der Waals surface area contributed by atoms with E-state index in [4.69, 9.17) is 4.74 Å². The van der Waals surface area contributed by atoms with Gasteiger partial charge in [0, 0.05) is 44.4 Å². The zero-order chi connectivity index (χ0) is 23.7. The van der Waals surface area contributed by atoms with Crippen LogP contribution >= 0.6 is 0 Å². The predicted molar refractivity (Wildman–Crippen MR) is 123 cm³/mol. The van der Waals surface area contributed by atoms with Crippen LogP contribution in [0.4, 0.5) is 4.39 Å². The average Bonchev–Trinajstić information content (AvgIpc) is 3.31. The summed E-state index contributed by atoms with van der Waals surface area (Å²) in [5, 5.41) is 7.19. The van der Waals surface area contributed by atoms with E-state index in [1.54, 1.807) is 42.6 Å². The highest BCUT2D eigenvalue weighted by molar-refractivity contribution is 5.97. The van der Waals surface area contributed by atoms with Crippen LogP contribution in [-0.2, 0) is 22.6 Å². The van der Waals surface area contributed by atoms with Gasteiger partial charge in [0.25, 0.3) is 0 Å². The van der Waals surface area contributed by atoms with Crippen molar-refractivity contribution < 1.29 is 18.7 Å². The highest BCUT2D eigenvalue weighted by atomic mass is 19.1. The lowest BCUT2D eigenvalue weighted by Crippen LogP contribution is -2.69. The number of methoxy groups -OCH3 is 1. The number of hydrogen-bond acceptors (Lipinski definition) is 5. The van der Waals surface area contributed by atoms with Gasteiger partial charge in [0.15, 0.2) is 0 Å².